The molecule has 1 aliphatic carbocycles. The number of carbonyl (C=O) groups is 2. The van der Waals surface area contributed by atoms with Gasteiger partial charge in [-0.1, -0.05) is 91.9 Å². The van der Waals surface area contributed by atoms with Crippen LogP contribution in [-0.4, -0.2) is 23.1 Å². The maximum Gasteiger partial charge on any atom is 0.310 e. The molecule has 4 nitrogen and oxygen atoms in total. The van der Waals surface area contributed by atoms with E-state index in [9.17, 15) is 14.7 Å². The lowest BCUT2D eigenvalue weighted by molar-refractivity contribution is -0.165. The number of carboxylic acids is 1. The Morgan fingerprint density at radius 1 is 0.793 bits per heavy atom. The van der Waals surface area contributed by atoms with Crippen molar-refractivity contribution in [2.24, 2.45) is 23.7 Å². The number of esters is 1. The molecular weight excluding hydrogens is 364 g/mol. The molecule has 0 aliphatic heterocycles. The van der Waals surface area contributed by atoms with Crippen LogP contribution in [0.15, 0.2) is 0 Å². The number of unbranched alkanes of at least 4 members (excludes halogenated alkanes) is 7. The van der Waals surface area contributed by atoms with E-state index >= 15 is 0 Å². The van der Waals surface area contributed by atoms with E-state index in [4.69, 9.17) is 4.74 Å². The molecular formula is C25H46O4. The Morgan fingerprint density at radius 2 is 1.28 bits per heavy atom. The summed E-state index contributed by atoms with van der Waals surface area (Å²) in [7, 11) is 0. The molecule has 29 heavy (non-hydrogen) atoms. The van der Waals surface area contributed by atoms with Gasteiger partial charge in [0.2, 0.25) is 0 Å². The fourth-order valence-electron chi connectivity index (χ4n) is 4.43. The molecule has 0 aromatic carbocycles. The molecule has 1 N–H and O–H groups in total. The number of ether oxygens (including phenoxy) is 1. The third-order valence-corrected chi connectivity index (χ3v) is 6.42. The van der Waals surface area contributed by atoms with Crippen LogP contribution in [0.1, 0.15) is 118 Å². The lowest BCUT2D eigenvalue weighted by Gasteiger charge is -2.30. The van der Waals surface area contributed by atoms with Gasteiger partial charge in [-0.15, -0.1) is 0 Å². The fraction of sp³-hybridized carbons (Fsp3) is 0.920. The van der Waals surface area contributed by atoms with Crippen LogP contribution in [0.5, 0.6) is 0 Å². The Balaban J connectivity index is 2.23. The van der Waals surface area contributed by atoms with Crippen LogP contribution in [0.25, 0.3) is 0 Å². The first-order valence-corrected chi connectivity index (χ1v) is 12.3. The van der Waals surface area contributed by atoms with Crippen LogP contribution in [-0.2, 0) is 14.3 Å². The normalized spacial score (nSPS) is 20.8. The van der Waals surface area contributed by atoms with Crippen molar-refractivity contribution < 1.29 is 19.4 Å². The lowest BCUT2D eigenvalue weighted by atomic mass is 9.79. The van der Waals surface area contributed by atoms with Crippen LogP contribution < -0.4 is 0 Å². The highest BCUT2D eigenvalue weighted by Gasteiger charge is 2.37. The van der Waals surface area contributed by atoms with E-state index in [0.717, 1.165) is 31.6 Å². The van der Waals surface area contributed by atoms with Crippen molar-refractivity contribution >= 4 is 11.9 Å². The van der Waals surface area contributed by atoms with E-state index in [1.807, 2.05) is 0 Å². The minimum atomic E-state index is -0.850. The van der Waals surface area contributed by atoms with Crippen molar-refractivity contribution in [1.82, 2.24) is 0 Å². The quantitative estimate of drug-likeness (QED) is 0.233. The van der Waals surface area contributed by atoms with Gasteiger partial charge in [0.1, 0.15) is 6.10 Å². The smallest absolute Gasteiger partial charge is 0.310 e. The summed E-state index contributed by atoms with van der Waals surface area (Å²) in [6.45, 7) is 8.76. The first-order chi connectivity index (χ1) is 13.8. The third-order valence-electron chi connectivity index (χ3n) is 6.42. The largest absolute Gasteiger partial charge is 0.481 e. The average molecular weight is 411 g/mol. The zero-order chi connectivity index (χ0) is 21.6. The Kier molecular flexibility index (Phi) is 13.3. The van der Waals surface area contributed by atoms with E-state index in [-0.39, 0.29) is 18.0 Å². The number of carbonyl (C=O) groups excluding carboxylic acids is 1. The van der Waals surface area contributed by atoms with Crippen molar-refractivity contribution in [3.8, 4) is 0 Å². The van der Waals surface area contributed by atoms with Gasteiger partial charge >= 0.3 is 11.9 Å². The lowest BCUT2D eigenvalue weighted by Crippen LogP contribution is -2.36. The van der Waals surface area contributed by atoms with Crippen LogP contribution >= 0.6 is 0 Å². The number of hydrogen-bond donors (Lipinski definition) is 1. The van der Waals surface area contributed by atoms with Crippen molar-refractivity contribution in [1.29, 1.82) is 0 Å². The molecule has 0 heterocycles. The van der Waals surface area contributed by atoms with Gasteiger partial charge in [-0.2, -0.15) is 0 Å². The predicted octanol–water partition coefficient (Wildman–Crippen LogP) is 7.00. The minimum absolute atomic E-state index is 0.0881. The second-order valence-electron chi connectivity index (χ2n) is 9.85. The van der Waals surface area contributed by atoms with Crippen molar-refractivity contribution in [3.63, 3.8) is 0 Å². The van der Waals surface area contributed by atoms with Crippen molar-refractivity contribution in [2.45, 2.75) is 124 Å². The minimum Gasteiger partial charge on any atom is -0.481 e. The topological polar surface area (TPSA) is 63.6 Å². The molecule has 0 spiro atoms. The molecule has 3 atom stereocenters. The number of rotatable bonds is 15. The first kappa shape index (κ1) is 26.0. The maximum atomic E-state index is 12.6. The van der Waals surface area contributed by atoms with Gasteiger partial charge in [0.15, 0.2) is 0 Å². The highest BCUT2D eigenvalue weighted by molar-refractivity contribution is 5.81. The summed E-state index contributed by atoms with van der Waals surface area (Å²) in [5.41, 5.74) is 0. The van der Waals surface area contributed by atoms with E-state index in [2.05, 4.69) is 27.7 Å². The molecule has 170 valence electrons. The van der Waals surface area contributed by atoms with Gasteiger partial charge in [0.25, 0.3) is 0 Å². The molecule has 1 aliphatic rings. The standard InChI is InChI=1S/C25H46O4/c1-19(2)15-11-9-7-5-6-8-10-12-18-23(20(3)4)29-25(28)22-17-14-13-16-21(22)24(26)27/h19-23H,5-18H2,1-4H3,(H,26,27). The Labute approximate surface area is 179 Å². The van der Waals surface area contributed by atoms with Crippen LogP contribution in [0.4, 0.5) is 0 Å². The predicted molar refractivity (Wildman–Crippen MR) is 119 cm³/mol. The van der Waals surface area contributed by atoms with E-state index in [1.165, 1.54) is 51.4 Å². The Hall–Kier alpha value is -1.06. The summed E-state index contributed by atoms with van der Waals surface area (Å²) >= 11 is 0. The molecule has 0 radical (unpaired) electrons. The maximum absolute atomic E-state index is 12.6. The van der Waals surface area contributed by atoms with Gasteiger partial charge in [-0.25, -0.2) is 0 Å². The Morgan fingerprint density at radius 3 is 1.76 bits per heavy atom. The third kappa shape index (κ3) is 11.1. The number of aliphatic carboxylic acids is 1. The highest BCUT2D eigenvalue weighted by Crippen LogP contribution is 2.32. The summed E-state index contributed by atoms with van der Waals surface area (Å²) in [6, 6.07) is 0. The molecule has 1 saturated carbocycles. The molecule has 0 bridgehead atoms. The van der Waals surface area contributed by atoms with Crippen molar-refractivity contribution in [3.05, 3.63) is 0 Å². The first-order valence-electron chi connectivity index (χ1n) is 12.3. The summed E-state index contributed by atoms with van der Waals surface area (Å²) in [4.78, 5) is 24.1. The summed E-state index contributed by atoms with van der Waals surface area (Å²) in [6.07, 6.45) is 15.5. The summed E-state index contributed by atoms with van der Waals surface area (Å²) < 4.78 is 5.82. The molecule has 1 fully saturated rings. The van der Waals surface area contributed by atoms with E-state index in [0.29, 0.717) is 12.8 Å². The fourth-order valence-corrected chi connectivity index (χ4v) is 4.43. The van der Waals surface area contributed by atoms with E-state index < -0.39 is 17.8 Å². The molecule has 1 rings (SSSR count). The second kappa shape index (κ2) is 14.8. The number of carboxylic acid groups (broad SMARTS) is 1. The second-order valence-corrected chi connectivity index (χ2v) is 9.85. The molecule has 0 saturated heterocycles. The van der Waals surface area contributed by atoms with Gasteiger partial charge < -0.3 is 9.84 Å². The van der Waals surface area contributed by atoms with E-state index in [1.54, 1.807) is 0 Å². The highest BCUT2D eigenvalue weighted by atomic mass is 16.5. The van der Waals surface area contributed by atoms with Gasteiger partial charge in [-0.3, -0.25) is 9.59 Å². The Bertz CT molecular complexity index is 458. The van der Waals surface area contributed by atoms with Crippen LogP contribution in [0.3, 0.4) is 0 Å². The summed E-state index contributed by atoms with van der Waals surface area (Å²) in [5, 5.41) is 9.41. The van der Waals surface area contributed by atoms with Crippen molar-refractivity contribution in [2.75, 3.05) is 0 Å². The molecule has 0 aromatic rings. The summed E-state index contributed by atoms with van der Waals surface area (Å²) in [5.74, 6) is -1.06. The monoisotopic (exact) mass is 410 g/mol. The zero-order valence-corrected chi connectivity index (χ0v) is 19.5. The zero-order valence-electron chi connectivity index (χ0n) is 19.5. The number of hydrogen-bond acceptors (Lipinski definition) is 3. The van der Waals surface area contributed by atoms with Crippen LogP contribution in [0, 0.1) is 23.7 Å². The van der Waals surface area contributed by atoms with Gasteiger partial charge in [0.05, 0.1) is 11.8 Å². The van der Waals surface area contributed by atoms with Gasteiger partial charge in [0, 0.05) is 0 Å². The SMILES string of the molecule is CC(C)CCCCCCCCCCC(OC(=O)C1CCCCC1C(=O)O)C(C)C. The molecule has 4 heteroatoms. The van der Waals surface area contributed by atoms with Crippen LogP contribution in [0.2, 0.25) is 0 Å². The average Bonchev–Trinajstić information content (AvgIpc) is 2.67. The molecule has 3 unspecified atom stereocenters. The molecule has 0 amide bonds. The molecule has 0 aromatic heterocycles. The van der Waals surface area contributed by atoms with Gasteiger partial charge in [-0.05, 0) is 37.5 Å².